The molecule has 0 aliphatic carbocycles. The maximum Gasteiger partial charge on any atom is 0.274 e. The van der Waals surface area contributed by atoms with Crippen LogP contribution in [0.25, 0.3) is 11.3 Å². The van der Waals surface area contributed by atoms with Crippen molar-refractivity contribution in [2.45, 2.75) is 25.8 Å². The van der Waals surface area contributed by atoms with E-state index in [0.29, 0.717) is 24.0 Å². The van der Waals surface area contributed by atoms with Gasteiger partial charge in [-0.25, -0.2) is 0 Å². The Bertz CT molecular complexity index is 624. The van der Waals surface area contributed by atoms with Crippen molar-refractivity contribution in [2.24, 2.45) is 0 Å². The number of aromatic nitrogens is 3. The predicted molar refractivity (Wildman–Crippen MR) is 84.4 cm³/mol. The van der Waals surface area contributed by atoms with Gasteiger partial charge in [-0.05, 0) is 25.9 Å². The van der Waals surface area contributed by atoms with Gasteiger partial charge in [0.2, 0.25) is 0 Å². The van der Waals surface area contributed by atoms with Gasteiger partial charge in [-0.15, -0.1) is 0 Å². The van der Waals surface area contributed by atoms with Crippen molar-refractivity contribution in [1.82, 2.24) is 25.6 Å². The Labute approximate surface area is 129 Å². The van der Waals surface area contributed by atoms with Crippen molar-refractivity contribution in [1.29, 1.82) is 0 Å². The van der Waals surface area contributed by atoms with Crippen LogP contribution in [0.1, 0.15) is 30.3 Å². The molecule has 6 nitrogen and oxygen atoms in total. The van der Waals surface area contributed by atoms with E-state index in [-0.39, 0.29) is 5.91 Å². The molecule has 1 amide bonds. The summed E-state index contributed by atoms with van der Waals surface area (Å²) in [6.45, 7) is 4.97. The van der Waals surface area contributed by atoms with Gasteiger partial charge in [-0.1, -0.05) is 37.3 Å². The number of rotatable bonds is 5. The van der Waals surface area contributed by atoms with Gasteiger partial charge < -0.3 is 5.32 Å². The van der Waals surface area contributed by atoms with E-state index in [0.717, 1.165) is 25.1 Å². The standard InChI is InChI=1S/C16H21N5O/c1-2-21-10-6-9-13(21)11-17-16(22)15-14(18-20-19-15)12-7-4-3-5-8-12/h3-5,7-8,13H,2,6,9-11H2,1H3,(H,17,22)(H,18,19,20)/t13-/m1/s1. The third-order valence-corrected chi connectivity index (χ3v) is 4.21. The second kappa shape index (κ2) is 6.70. The van der Waals surface area contributed by atoms with Gasteiger partial charge in [0.05, 0.1) is 0 Å². The van der Waals surface area contributed by atoms with Crippen molar-refractivity contribution in [2.75, 3.05) is 19.6 Å². The molecule has 2 aromatic rings. The lowest BCUT2D eigenvalue weighted by atomic mass is 10.1. The minimum atomic E-state index is -0.171. The molecule has 2 N–H and O–H groups in total. The second-order valence-electron chi connectivity index (χ2n) is 5.52. The van der Waals surface area contributed by atoms with Gasteiger partial charge >= 0.3 is 0 Å². The van der Waals surface area contributed by atoms with Crippen LogP contribution < -0.4 is 5.32 Å². The molecule has 1 atom stereocenters. The lowest BCUT2D eigenvalue weighted by Gasteiger charge is -2.22. The number of carbonyl (C=O) groups excluding carboxylic acids is 1. The van der Waals surface area contributed by atoms with Crippen molar-refractivity contribution >= 4 is 5.91 Å². The summed E-state index contributed by atoms with van der Waals surface area (Å²) in [7, 11) is 0. The van der Waals surface area contributed by atoms with Crippen LogP contribution in [0.5, 0.6) is 0 Å². The smallest absolute Gasteiger partial charge is 0.274 e. The summed E-state index contributed by atoms with van der Waals surface area (Å²) in [5.41, 5.74) is 1.83. The van der Waals surface area contributed by atoms with E-state index in [1.54, 1.807) is 0 Å². The molecule has 1 aliphatic heterocycles. The lowest BCUT2D eigenvalue weighted by molar-refractivity contribution is 0.0937. The Morgan fingerprint density at radius 1 is 1.36 bits per heavy atom. The lowest BCUT2D eigenvalue weighted by Crippen LogP contribution is -2.40. The molecule has 1 aliphatic rings. The number of amides is 1. The zero-order chi connectivity index (χ0) is 15.4. The second-order valence-corrected chi connectivity index (χ2v) is 5.52. The molecule has 3 rings (SSSR count). The molecule has 6 heteroatoms. The summed E-state index contributed by atoms with van der Waals surface area (Å²) < 4.78 is 0. The van der Waals surface area contributed by atoms with E-state index in [2.05, 4.69) is 32.6 Å². The average Bonchev–Trinajstić information content (AvgIpc) is 3.22. The number of likely N-dealkylation sites (tertiary alicyclic amines) is 1. The summed E-state index contributed by atoms with van der Waals surface area (Å²) in [5, 5.41) is 13.7. The highest BCUT2D eigenvalue weighted by Crippen LogP contribution is 2.19. The Morgan fingerprint density at radius 3 is 2.95 bits per heavy atom. The van der Waals surface area contributed by atoms with E-state index in [4.69, 9.17) is 0 Å². The summed E-state index contributed by atoms with van der Waals surface area (Å²) in [6.07, 6.45) is 2.34. The third-order valence-electron chi connectivity index (χ3n) is 4.21. The zero-order valence-corrected chi connectivity index (χ0v) is 12.7. The fourth-order valence-corrected chi connectivity index (χ4v) is 3.02. The van der Waals surface area contributed by atoms with Crippen LogP contribution >= 0.6 is 0 Å². The largest absolute Gasteiger partial charge is 0.349 e. The van der Waals surface area contributed by atoms with Crippen LogP contribution in [0, 0.1) is 0 Å². The van der Waals surface area contributed by atoms with Crippen LogP contribution in [-0.4, -0.2) is 51.9 Å². The predicted octanol–water partition coefficient (Wildman–Crippen LogP) is 1.69. The molecule has 22 heavy (non-hydrogen) atoms. The molecule has 1 fully saturated rings. The first-order valence-electron chi connectivity index (χ1n) is 7.78. The molecule has 0 unspecified atom stereocenters. The molecule has 1 aromatic carbocycles. The molecule has 1 saturated heterocycles. The Kier molecular flexibility index (Phi) is 4.48. The van der Waals surface area contributed by atoms with Gasteiger partial charge in [-0.2, -0.15) is 15.4 Å². The highest BCUT2D eigenvalue weighted by molar-refractivity contribution is 5.97. The normalized spacial score (nSPS) is 18.5. The molecule has 0 radical (unpaired) electrons. The number of nitrogens with zero attached hydrogens (tertiary/aromatic N) is 3. The Balaban J connectivity index is 1.67. The Hall–Kier alpha value is -2.21. The van der Waals surface area contributed by atoms with Crippen molar-refractivity contribution < 1.29 is 4.79 Å². The maximum atomic E-state index is 12.4. The molecule has 1 aromatic heterocycles. The van der Waals surface area contributed by atoms with Crippen LogP contribution in [-0.2, 0) is 0 Å². The van der Waals surface area contributed by atoms with Crippen molar-refractivity contribution in [3.8, 4) is 11.3 Å². The molecule has 116 valence electrons. The van der Waals surface area contributed by atoms with Gasteiger partial charge in [0.15, 0.2) is 5.69 Å². The van der Waals surface area contributed by atoms with E-state index in [9.17, 15) is 4.79 Å². The number of benzene rings is 1. The molecule has 0 spiro atoms. The minimum absolute atomic E-state index is 0.171. The molecular formula is C16H21N5O. The monoisotopic (exact) mass is 299 g/mol. The summed E-state index contributed by atoms with van der Waals surface area (Å²) in [5.74, 6) is -0.171. The highest BCUT2D eigenvalue weighted by Gasteiger charge is 2.24. The van der Waals surface area contributed by atoms with Gasteiger partial charge in [0.25, 0.3) is 5.91 Å². The zero-order valence-electron chi connectivity index (χ0n) is 12.7. The summed E-state index contributed by atoms with van der Waals surface area (Å²) in [4.78, 5) is 14.8. The highest BCUT2D eigenvalue weighted by atomic mass is 16.2. The number of aromatic amines is 1. The molecule has 2 heterocycles. The van der Waals surface area contributed by atoms with Crippen molar-refractivity contribution in [3.05, 3.63) is 36.0 Å². The molecular weight excluding hydrogens is 278 g/mol. The van der Waals surface area contributed by atoms with E-state index < -0.39 is 0 Å². The number of carbonyl (C=O) groups is 1. The van der Waals surface area contributed by atoms with Crippen LogP contribution in [0.4, 0.5) is 0 Å². The first-order chi connectivity index (χ1) is 10.8. The van der Waals surface area contributed by atoms with Gasteiger partial charge in [-0.3, -0.25) is 9.69 Å². The summed E-state index contributed by atoms with van der Waals surface area (Å²) >= 11 is 0. The van der Waals surface area contributed by atoms with Crippen LogP contribution in [0.3, 0.4) is 0 Å². The number of nitrogens with one attached hydrogen (secondary N) is 2. The fraction of sp³-hybridized carbons (Fsp3) is 0.438. The first-order valence-corrected chi connectivity index (χ1v) is 7.78. The maximum absolute atomic E-state index is 12.4. The average molecular weight is 299 g/mol. The quantitative estimate of drug-likeness (QED) is 0.881. The van der Waals surface area contributed by atoms with Crippen molar-refractivity contribution in [3.63, 3.8) is 0 Å². The SMILES string of the molecule is CCN1CCC[C@@H]1CNC(=O)c1n[nH]nc1-c1ccccc1. The number of hydrogen-bond donors (Lipinski definition) is 2. The van der Waals surface area contributed by atoms with Gasteiger partial charge in [0.1, 0.15) is 5.69 Å². The molecule has 0 saturated carbocycles. The minimum Gasteiger partial charge on any atom is -0.349 e. The third kappa shape index (κ3) is 3.01. The fourth-order valence-electron chi connectivity index (χ4n) is 3.02. The van der Waals surface area contributed by atoms with Gasteiger partial charge in [0, 0.05) is 18.2 Å². The Morgan fingerprint density at radius 2 is 2.18 bits per heavy atom. The number of likely N-dealkylation sites (N-methyl/N-ethyl adjacent to an activating group) is 1. The van der Waals surface area contributed by atoms with Crippen LogP contribution in [0.2, 0.25) is 0 Å². The van der Waals surface area contributed by atoms with E-state index in [1.165, 1.54) is 6.42 Å². The topological polar surface area (TPSA) is 73.9 Å². The number of hydrogen-bond acceptors (Lipinski definition) is 4. The molecule has 0 bridgehead atoms. The summed E-state index contributed by atoms with van der Waals surface area (Å²) in [6, 6.07) is 10.0. The van der Waals surface area contributed by atoms with Crippen LogP contribution in [0.15, 0.2) is 30.3 Å². The van der Waals surface area contributed by atoms with E-state index in [1.807, 2.05) is 30.3 Å². The number of H-pyrrole nitrogens is 1. The first kappa shape index (κ1) is 14.7. The van der Waals surface area contributed by atoms with E-state index >= 15 is 0 Å².